The summed E-state index contributed by atoms with van der Waals surface area (Å²) >= 11 is 0.809. The van der Waals surface area contributed by atoms with Gasteiger partial charge in [0.05, 0.1) is 13.3 Å². The third-order valence-corrected chi connectivity index (χ3v) is 2.27. The van der Waals surface area contributed by atoms with Crippen LogP contribution >= 0.6 is 11.3 Å². The van der Waals surface area contributed by atoms with Crippen LogP contribution in [0.4, 0.5) is 18.3 Å². The predicted molar refractivity (Wildman–Crippen MR) is 48.0 cm³/mol. The predicted octanol–water partition coefficient (Wildman–Crippen LogP) is 1.90. The van der Waals surface area contributed by atoms with Gasteiger partial charge in [0.1, 0.15) is 11.4 Å². The molecule has 1 aromatic heterocycles. The first kappa shape index (κ1) is 11.8. The number of carbonyl (C=O) groups excluding carboxylic acids is 1. The Morgan fingerprint density at radius 2 is 2.33 bits per heavy atom. The maximum atomic E-state index is 11.8. The first-order valence-corrected chi connectivity index (χ1v) is 4.59. The van der Waals surface area contributed by atoms with Gasteiger partial charge in [-0.25, -0.2) is 9.78 Å². The minimum atomic E-state index is -4.31. The van der Waals surface area contributed by atoms with Gasteiger partial charge in [-0.05, 0) is 0 Å². The van der Waals surface area contributed by atoms with Gasteiger partial charge >= 0.3 is 12.1 Å². The first-order valence-electron chi connectivity index (χ1n) is 3.77. The van der Waals surface area contributed by atoms with Crippen molar-refractivity contribution < 1.29 is 22.7 Å². The number of ether oxygens (including phenoxy) is 1. The molecule has 84 valence electrons. The van der Waals surface area contributed by atoms with Gasteiger partial charge in [0.15, 0.2) is 5.13 Å². The third kappa shape index (κ3) is 3.74. The highest BCUT2D eigenvalue weighted by atomic mass is 32.1. The van der Waals surface area contributed by atoms with E-state index < -0.39 is 18.7 Å². The fourth-order valence-electron chi connectivity index (χ4n) is 0.727. The molecule has 0 unspecified atom stereocenters. The summed E-state index contributed by atoms with van der Waals surface area (Å²) in [6.45, 7) is -1.18. The highest BCUT2D eigenvalue weighted by Gasteiger charge is 2.27. The van der Waals surface area contributed by atoms with Crippen LogP contribution in [0.25, 0.3) is 0 Å². The zero-order valence-electron chi connectivity index (χ0n) is 7.59. The number of hydrogen-bond donors (Lipinski definition) is 1. The van der Waals surface area contributed by atoms with Gasteiger partial charge in [-0.3, -0.25) is 0 Å². The molecule has 0 aromatic carbocycles. The van der Waals surface area contributed by atoms with E-state index >= 15 is 0 Å². The molecular weight excluding hydrogens is 233 g/mol. The largest absolute Gasteiger partial charge is 0.465 e. The van der Waals surface area contributed by atoms with Crippen LogP contribution in [0.3, 0.4) is 0 Å². The summed E-state index contributed by atoms with van der Waals surface area (Å²) in [7, 11) is 1.19. The van der Waals surface area contributed by atoms with Crippen molar-refractivity contribution in [3.63, 3.8) is 0 Å². The van der Waals surface area contributed by atoms with Crippen molar-refractivity contribution >= 4 is 22.4 Å². The lowest BCUT2D eigenvalue weighted by molar-refractivity contribution is -0.115. The topological polar surface area (TPSA) is 51.2 Å². The van der Waals surface area contributed by atoms with Gasteiger partial charge in [-0.1, -0.05) is 11.3 Å². The number of thiazole rings is 1. The molecule has 0 amide bonds. The molecule has 8 heteroatoms. The fraction of sp³-hybridized carbons (Fsp3) is 0.429. The highest BCUT2D eigenvalue weighted by Crippen LogP contribution is 2.21. The normalized spacial score (nSPS) is 11.2. The van der Waals surface area contributed by atoms with Crippen molar-refractivity contribution in [3.8, 4) is 0 Å². The minimum absolute atomic E-state index is 0.0349. The average molecular weight is 240 g/mol. The number of carbonyl (C=O) groups is 1. The molecule has 0 fully saturated rings. The Morgan fingerprint density at radius 3 is 2.87 bits per heavy atom. The Balaban J connectivity index is 2.57. The quantitative estimate of drug-likeness (QED) is 0.820. The van der Waals surface area contributed by atoms with Crippen LogP contribution in [-0.4, -0.2) is 30.8 Å². The van der Waals surface area contributed by atoms with Crippen LogP contribution in [-0.2, 0) is 4.74 Å². The smallest absolute Gasteiger partial charge is 0.405 e. The van der Waals surface area contributed by atoms with Gasteiger partial charge in [0.25, 0.3) is 0 Å². The van der Waals surface area contributed by atoms with Gasteiger partial charge in [0, 0.05) is 0 Å². The number of aromatic nitrogens is 1. The molecule has 1 rings (SSSR count). The van der Waals surface area contributed by atoms with Crippen molar-refractivity contribution in [2.24, 2.45) is 0 Å². The molecule has 0 aliphatic rings. The summed E-state index contributed by atoms with van der Waals surface area (Å²) in [6.07, 6.45) is -3.15. The van der Waals surface area contributed by atoms with Gasteiger partial charge in [-0.2, -0.15) is 13.2 Å². The number of anilines is 1. The lowest BCUT2D eigenvalue weighted by Crippen LogP contribution is -2.21. The van der Waals surface area contributed by atoms with Gasteiger partial charge < -0.3 is 10.1 Å². The number of halogens is 3. The van der Waals surface area contributed by atoms with E-state index in [1.54, 1.807) is 0 Å². The zero-order valence-corrected chi connectivity index (χ0v) is 8.41. The monoisotopic (exact) mass is 240 g/mol. The molecule has 0 aliphatic carbocycles. The first-order chi connectivity index (χ1) is 6.92. The molecule has 0 radical (unpaired) electrons. The summed E-state index contributed by atoms with van der Waals surface area (Å²) in [5.74, 6) is -0.618. The van der Waals surface area contributed by atoms with E-state index in [0.29, 0.717) is 0 Å². The Bertz CT molecular complexity index is 350. The number of rotatable bonds is 3. The molecule has 1 N–H and O–H groups in total. The summed E-state index contributed by atoms with van der Waals surface area (Å²) in [5.41, 5.74) is 0. The standard InChI is InChI=1S/C7H7F3N2O2S/c1-14-5(13)4-2-11-6(15-4)12-3-7(8,9)10/h2H,3H2,1H3,(H,11,12). The van der Waals surface area contributed by atoms with Crippen LogP contribution in [0.5, 0.6) is 0 Å². The van der Waals surface area contributed by atoms with Crippen LogP contribution in [0.1, 0.15) is 9.67 Å². The highest BCUT2D eigenvalue weighted by molar-refractivity contribution is 7.17. The van der Waals surface area contributed by atoms with Crippen LogP contribution in [0, 0.1) is 0 Å². The van der Waals surface area contributed by atoms with E-state index in [1.807, 2.05) is 0 Å². The second kappa shape index (κ2) is 4.47. The van der Waals surface area contributed by atoms with E-state index in [-0.39, 0.29) is 10.0 Å². The van der Waals surface area contributed by atoms with Crippen molar-refractivity contribution in [1.82, 2.24) is 4.98 Å². The molecule has 0 bridgehead atoms. The Labute approximate surface area is 87.1 Å². The number of methoxy groups -OCH3 is 1. The lowest BCUT2D eigenvalue weighted by atomic mass is 10.6. The van der Waals surface area contributed by atoms with E-state index in [4.69, 9.17) is 0 Å². The van der Waals surface area contributed by atoms with Gasteiger partial charge in [-0.15, -0.1) is 0 Å². The molecule has 0 spiro atoms. The number of esters is 1. The van der Waals surface area contributed by atoms with Crippen molar-refractivity contribution in [2.75, 3.05) is 19.0 Å². The SMILES string of the molecule is COC(=O)c1cnc(NCC(F)(F)F)s1. The summed E-state index contributed by atoms with van der Waals surface area (Å²) < 4.78 is 39.8. The second-order valence-electron chi connectivity index (χ2n) is 2.49. The molecule has 4 nitrogen and oxygen atoms in total. The molecule has 0 saturated heterocycles. The number of hydrogen-bond acceptors (Lipinski definition) is 5. The zero-order chi connectivity index (χ0) is 11.5. The summed E-state index contributed by atoms with van der Waals surface area (Å²) in [5, 5.41) is 2.09. The van der Waals surface area contributed by atoms with Crippen molar-refractivity contribution in [3.05, 3.63) is 11.1 Å². The number of nitrogens with one attached hydrogen (secondary N) is 1. The molecule has 1 heterocycles. The van der Waals surface area contributed by atoms with Crippen LogP contribution in [0.2, 0.25) is 0 Å². The van der Waals surface area contributed by atoms with E-state index in [1.165, 1.54) is 7.11 Å². The molecule has 0 aliphatic heterocycles. The lowest BCUT2D eigenvalue weighted by Gasteiger charge is -2.05. The Kier molecular flexibility index (Phi) is 3.51. The summed E-state index contributed by atoms with van der Waals surface area (Å²) in [4.78, 5) is 14.7. The van der Waals surface area contributed by atoms with E-state index in [0.717, 1.165) is 17.5 Å². The molecular formula is C7H7F3N2O2S. The summed E-state index contributed by atoms with van der Waals surface area (Å²) in [6, 6.07) is 0. The van der Waals surface area contributed by atoms with Gasteiger partial charge in [0.2, 0.25) is 0 Å². The van der Waals surface area contributed by atoms with E-state index in [2.05, 4.69) is 15.0 Å². The Hall–Kier alpha value is -1.31. The van der Waals surface area contributed by atoms with Crippen molar-refractivity contribution in [2.45, 2.75) is 6.18 Å². The third-order valence-electron chi connectivity index (χ3n) is 1.33. The van der Waals surface area contributed by atoms with Crippen LogP contribution in [0.15, 0.2) is 6.20 Å². The van der Waals surface area contributed by atoms with Crippen LogP contribution < -0.4 is 5.32 Å². The maximum Gasteiger partial charge on any atom is 0.405 e. The second-order valence-corrected chi connectivity index (χ2v) is 3.52. The Morgan fingerprint density at radius 1 is 1.67 bits per heavy atom. The maximum absolute atomic E-state index is 11.8. The average Bonchev–Trinajstić information content (AvgIpc) is 2.61. The van der Waals surface area contributed by atoms with Crippen molar-refractivity contribution in [1.29, 1.82) is 0 Å². The molecule has 15 heavy (non-hydrogen) atoms. The minimum Gasteiger partial charge on any atom is -0.465 e. The fourth-order valence-corrected chi connectivity index (χ4v) is 1.46. The molecule has 1 aromatic rings. The molecule has 0 saturated carbocycles. The van der Waals surface area contributed by atoms with E-state index in [9.17, 15) is 18.0 Å². The number of nitrogens with zero attached hydrogens (tertiary/aromatic N) is 1. The number of alkyl halides is 3. The molecule has 0 atom stereocenters.